The van der Waals surface area contributed by atoms with E-state index in [0.29, 0.717) is 22.5 Å². The smallest absolute Gasteiger partial charge is 0.227 e. The van der Waals surface area contributed by atoms with Crippen molar-refractivity contribution in [3.63, 3.8) is 0 Å². The summed E-state index contributed by atoms with van der Waals surface area (Å²) in [5, 5.41) is 9.32. The summed E-state index contributed by atoms with van der Waals surface area (Å²) in [5.74, 6) is 0.860. The maximum absolute atomic E-state index is 13.0. The highest BCUT2D eigenvalue weighted by Gasteiger charge is 2.41. The van der Waals surface area contributed by atoms with Crippen molar-refractivity contribution in [3.8, 4) is 0 Å². The molecular weight excluding hydrogens is 356 g/mol. The Morgan fingerprint density at radius 2 is 2.00 bits per heavy atom. The summed E-state index contributed by atoms with van der Waals surface area (Å²) in [6.07, 6.45) is 3.30. The average molecular weight is 375 g/mol. The van der Waals surface area contributed by atoms with Gasteiger partial charge >= 0.3 is 0 Å². The van der Waals surface area contributed by atoms with E-state index in [9.17, 15) is 4.79 Å². The van der Waals surface area contributed by atoms with E-state index in [1.54, 1.807) is 0 Å². The second kappa shape index (κ2) is 5.88. The number of benzene rings is 1. The number of fused-ring (bicyclic) bond motifs is 1. The first kappa shape index (κ1) is 16.7. The van der Waals surface area contributed by atoms with E-state index in [-0.39, 0.29) is 17.2 Å². The number of allylic oxidation sites excluding steroid dienone is 2. The number of carbonyl (C=O) groups is 1. The van der Waals surface area contributed by atoms with Crippen molar-refractivity contribution in [2.24, 2.45) is 5.41 Å². The van der Waals surface area contributed by atoms with Gasteiger partial charge in [0.1, 0.15) is 6.04 Å². The maximum atomic E-state index is 13.0. The van der Waals surface area contributed by atoms with E-state index in [4.69, 9.17) is 11.6 Å². The number of ketones is 1. The molecule has 2 aromatic rings. The third-order valence-electron chi connectivity index (χ3n) is 4.68. The molecule has 5 nitrogen and oxygen atoms in total. The van der Waals surface area contributed by atoms with Gasteiger partial charge in [-0.3, -0.25) is 4.79 Å². The number of anilines is 1. The van der Waals surface area contributed by atoms with E-state index < -0.39 is 0 Å². The van der Waals surface area contributed by atoms with Gasteiger partial charge in [0.25, 0.3) is 0 Å². The molecule has 1 aromatic carbocycles. The summed E-state index contributed by atoms with van der Waals surface area (Å²) in [7, 11) is 0. The topological polar surface area (TPSA) is 59.8 Å². The molecule has 25 heavy (non-hydrogen) atoms. The van der Waals surface area contributed by atoms with Crippen LogP contribution in [-0.2, 0) is 4.79 Å². The van der Waals surface area contributed by atoms with Gasteiger partial charge in [-0.25, -0.2) is 4.68 Å². The van der Waals surface area contributed by atoms with Crippen LogP contribution in [0.4, 0.5) is 5.95 Å². The first-order valence-electron chi connectivity index (χ1n) is 8.17. The summed E-state index contributed by atoms with van der Waals surface area (Å²) in [4.78, 5) is 17.5. The van der Waals surface area contributed by atoms with Crippen molar-refractivity contribution >= 4 is 35.1 Å². The fourth-order valence-corrected chi connectivity index (χ4v) is 4.10. The van der Waals surface area contributed by atoms with Crippen LogP contribution in [0.3, 0.4) is 0 Å². The zero-order valence-electron chi connectivity index (χ0n) is 14.3. The Bertz CT molecular complexity index is 885. The molecule has 2 heterocycles. The first-order valence-corrected chi connectivity index (χ1v) is 9.77. The molecule has 0 saturated heterocycles. The lowest BCUT2D eigenvalue weighted by Crippen LogP contribution is -2.36. The van der Waals surface area contributed by atoms with Crippen molar-refractivity contribution in [1.29, 1.82) is 0 Å². The molecular formula is C18H19ClN4OS. The largest absolute Gasteiger partial charge is 0.328 e. The molecule has 0 radical (unpaired) electrons. The number of halogens is 1. The quantitative estimate of drug-likeness (QED) is 0.793. The van der Waals surface area contributed by atoms with E-state index in [0.717, 1.165) is 23.3 Å². The second-order valence-electron chi connectivity index (χ2n) is 7.28. The first-order chi connectivity index (χ1) is 11.9. The number of carbonyl (C=O) groups excluding carboxylic acids is 1. The second-order valence-corrected chi connectivity index (χ2v) is 8.49. The van der Waals surface area contributed by atoms with Crippen LogP contribution in [0, 0.1) is 5.41 Å². The summed E-state index contributed by atoms with van der Waals surface area (Å²) >= 11 is 7.54. The predicted octanol–water partition coefficient (Wildman–Crippen LogP) is 4.31. The van der Waals surface area contributed by atoms with Crippen LogP contribution in [0.1, 0.15) is 38.3 Å². The maximum Gasteiger partial charge on any atom is 0.227 e. The molecule has 0 amide bonds. The van der Waals surface area contributed by atoms with Crippen molar-refractivity contribution in [1.82, 2.24) is 14.8 Å². The van der Waals surface area contributed by atoms with Gasteiger partial charge in [0.2, 0.25) is 11.1 Å². The van der Waals surface area contributed by atoms with E-state index in [1.165, 1.54) is 11.8 Å². The highest BCUT2D eigenvalue weighted by Crippen LogP contribution is 2.45. The Balaban J connectivity index is 1.90. The summed E-state index contributed by atoms with van der Waals surface area (Å²) in [5.41, 5.74) is 2.70. The highest BCUT2D eigenvalue weighted by atomic mass is 35.5. The van der Waals surface area contributed by atoms with Crippen LogP contribution in [0.25, 0.3) is 0 Å². The van der Waals surface area contributed by atoms with E-state index >= 15 is 0 Å². The number of thioether (sulfide) groups is 1. The molecule has 2 aliphatic rings. The van der Waals surface area contributed by atoms with Gasteiger partial charge < -0.3 is 5.32 Å². The molecule has 0 spiro atoms. The van der Waals surface area contributed by atoms with Crippen LogP contribution in [0.5, 0.6) is 0 Å². The lowest BCUT2D eigenvalue weighted by atomic mass is 9.73. The predicted molar refractivity (Wildman–Crippen MR) is 100 cm³/mol. The lowest BCUT2D eigenvalue weighted by Gasteiger charge is -2.38. The van der Waals surface area contributed by atoms with E-state index in [2.05, 4.69) is 29.2 Å². The molecule has 7 heteroatoms. The molecule has 0 unspecified atom stereocenters. The standard InChI is InChI=1S/C18H19ClN4OS/c1-18(2)8-12-14(13(24)9-18)15(10-4-6-11(19)7-5-10)23-16(20-12)21-17(22-23)25-3/h4-7,15H,8-9H2,1-3H3,(H,20,21,22)/t15-/m1/s1. The fourth-order valence-electron chi connectivity index (χ4n) is 3.63. The van der Waals surface area contributed by atoms with Crippen molar-refractivity contribution < 1.29 is 4.79 Å². The summed E-state index contributed by atoms with van der Waals surface area (Å²) in [6, 6.07) is 7.35. The lowest BCUT2D eigenvalue weighted by molar-refractivity contribution is -0.118. The Hall–Kier alpha value is -1.79. The van der Waals surface area contributed by atoms with Crippen LogP contribution >= 0.6 is 23.4 Å². The van der Waals surface area contributed by atoms with Gasteiger partial charge in [-0.15, -0.1) is 5.10 Å². The van der Waals surface area contributed by atoms with Crippen LogP contribution in [0.2, 0.25) is 5.02 Å². The normalized spacial score (nSPS) is 21.6. The molecule has 1 N–H and O–H groups in total. The molecule has 1 aliphatic heterocycles. The number of rotatable bonds is 2. The minimum atomic E-state index is -0.263. The minimum absolute atomic E-state index is 0.0575. The average Bonchev–Trinajstić information content (AvgIpc) is 2.95. The Labute approximate surface area is 155 Å². The number of hydrogen-bond acceptors (Lipinski definition) is 5. The highest BCUT2D eigenvalue weighted by molar-refractivity contribution is 7.98. The fraction of sp³-hybridized carbons (Fsp3) is 0.389. The molecule has 1 aromatic heterocycles. The molecule has 0 saturated carbocycles. The molecule has 1 atom stereocenters. The zero-order valence-corrected chi connectivity index (χ0v) is 15.9. The molecule has 0 bridgehead atoms. The van der Waals surface area contributed by atoms with E-state index in [1.807, 2.05) is 35.2 Å². The van der Waals surface area contributed by atoms with Crippen molar-refractivity contribution in [2.45, 2.75) is 37.9 Å². The van der Waals surface area contributed by atoms with Gasteiger partial charge in [0, 0.05) is 22.7 Å². The number of nitrogens with zero attached hydrogens (tertiary/aromatic N) is 3. The third kappa shape index (κ3) is 2.87. The van der Waals surface area contributed by atoms with Crippen LogP contribution < -0.4 is 5.32 Å². The number of Topliss-reactive ketones (excluding diaryl/α,β-unsaturated/α-hetero) is 1. The number of nitrogens with one attached hydrogen (secondary N) is 1. The van der Waals surface area contributed by atoms with Gasteiger partial charge in [0.05, 0.1) is 0 Å². The molecule has 4 rings (SSSR count). The monoisotopic (exact) mass is 374 g/mol. The SMILES string of the molecule is CSc1nc2n(n1)[C@H](c1ccc(Cl)cc1)C1=C(CC(C)(C)CC1=O)N2. The molecule has 0 fully saturated rings. The van der Waals surface area contributed by atoms with Crippen molar-refractivity contribution in [3.05, 3.63) is 46.1 Å². The molecule has 1 aliphatic carbocycles. The van der Waals surface area contributed by atoms with Crippen molar-refractivity contribution in [2.75, 3.05) is 11.6 Å². The Morgan fingerprint density at radius 1 is 1.28 bits per heavy atom. The Morgan fingerprint density at radius 3 is 2.68 bits per heavy atom. The zero-order chi connectivity index (χ0) is 17.8. The number of aromatic nitrogens is 3. The minimum Gasteiger partial charge on any atom is -0.328 e. The summed E-state index contributed by atoms with van der Waals surface area (Å²) in [6.45, 7) is 4.25. The number of hydrogen-bond donors (Lipinski definition) is 1. The summed E-state index contributed by atoms with van der Waals surface area (Å²) < 4.78 is 1.82. The van der Waals surface area contributed by atoms with Gasteiger partial charge in [-0.2, -0.15) is 4.98 Å². The molecule has 130 valence electrons. The Kier molecular flexibility index (Phi) is 3.92. The van der Waals surface area contributed by atoms with Crippen LogP contribution in [0.15, 0.2) is 40.7 Å². The third-order valence-corrected chi connectivity index (χ3v) is 5.47. The van der Waals surface area contributed by atoms with Gasteiger partial charge in [-0.1, -0.05) is 49.3 Å². The van der Waals surface area contributed by atoms with Crippen LogP contribution in [-0.4, -0.2) is 26.8 Å². The van der Waals surface area contributed by atoms with Gasteiger partial charge in [-0.05, 0) is 35.8 Å². The van der Waals surface area contributed by atoms with Gasteiger partial charge in [0.15, 0.2) is 5.78 Å².